The summed E-state index contributed by atoms with van der Waals surface area (Å²) < 4.78 is 8.42. The van der Waals surface area contributed by atoms with Crippen LogP contribution in [0.15, 0.2) is 49.2 Å². The molecule has 116 valence electrons. The van der Waals surface area contributed by atoms with Crippen molar-refractivity contribution < 1.29 is 4.74 Å². The fourth-order valence-corrected chi connectivity index (χ4v) is 3.51. The van der Waals surface area contributed by atoms with Crippen molar-refractivity contribution >= 4 is 37.7 Å². The van der Waals surface area contributed by atoms with Crippen molar-refractivity contribution in [2.45, 2.75) is 19.6 Å². The molecule has 0 atom stereocenters. The number of hydrogen-bond acceptors (Lipinski definition) is 4. The van der Waals surface area contributed by atoms with Gasteiger partial charge < -0.3 is 4.74 Å². The largest absolute Gasteiger partial charge is 0.466 e. The Kier molecular flexibility index (Phi) is 3.90. The number of halogens is 2. The first kappa shape index (κ1) is 16.0. The summed E-state index contributed by atoms with van der Waals surface area (Å²) >= 11 is 6.64. The van der Waals surface area contributed by atoms with Crippen LogP contribution in [-0.2, 0) is 0 Å². The summed E-state index contributed by atoms with van der Waals surface area (Å²) in [6.07, 6.45) is 1.65. The molecule has 0 saturated heterocycles. The smallest absolute Gasteiger partial charge is 0.270 e. The van der Waals surface area contributed by atoms with Gasteiger partial charge in [0.05, 0.1) is 21.7 Å². The number of pyridine rings is 1. The SMILES string of the molecule is CC1(C)N=C(n2cc(Br)cc(Br)c2=O)c2cc(C#N)ccc2O1. The van der Waals surface area contributed by atoms with E-state index in [2.05, 4.69) is 42.9 Å². The van der Waals surface area contributed by atoms with Crippen molar-refractivity contribution in [2.75, 3.05) is 0 Å². The predicted octanol–water partition coefficient (Wildman–Crippen LogP) is 3.67. The summed E-state index contributed by atoms with van der Waals surface area (Å²) in [6.45, 7) is 3.62. The molecule has 7 heteroatoms. The maximum Gasteiger partial charge on any atom is 0.270 e. The van der Waals surface area contributed by atoms with Crippen LogP contribution >= 0.6 is 31.9 Å². The van der Waals surface area contributed by atoms with Crippen molar-refractivity contribution in [3.63, 3.8) is 0 Å². The fourth-order valence-electron chi connectivity index (χ4n) is 2.33. The molecular formula is C16H11Br2N3O2. The van der Waals surface area contributed by atoms with Gasteiger partial charge in [-0.05, 0) is 70.0 Å². The number of benzene rings is 1. The van der Waals surface area contributed by atoms with Crippen LogP contribution in [0.4, 0.5) is 0 Å². The standard InChI is InChI=1S/C16H11Br2N3O2/c1-16(2)20-14(21-8-10(17)6-12(18)15(21)22)11-5-9(7-19)3-4-13(11)23-16/h3-6,8H,1-2H3. The lowest BCUT2D eigenvalue weighted by Crippen LogP contribution is -2.38. The molecule has 3 rings (SSSR count). The molecule has 0 saturated carbocycles. The van der Waals surface area contributed by atoms with Gasteiger partial charge in [0.15, 0.2) is 5.72 Å². The Morgan fingerprint density at radius 1 is 1.30 bits per heavy atom. The maximum absolute atomic E-state index is 12.5. The van der Waals surface area contributed by atoms with Crippen LogP contribution in [-0.4, -0.2) is 16.1 Å². The van der Waals surface area contributed by atoms with Gasteiger partial charge in [-0.15, -0.1) is 0 Å². The third-order valence-electron chi connectivity index (χ3n) is 3.25. The molecule has 2 heterocycles. The quantitative estimate of drug-likeness (QED) is 0.632. The third-order valence-corrected chi connectivity index (χ3v) is 4.25. The van der Waals surface area contributed by atoms with Gasteiger partial charge in [0.1, 0.15) is 11.6 Å². The van der Waals surface area contributed by atoms with Crippen molar-refractivity contribution in [1.82, 2.24) is 4.57 Å². The lowest BCUT2D eigenvalue weighted by Gasteiger charge is -2.30. The van der Waals surface area contributed by atoms with Crippen LogP contribution < -0.4 is 10.3 Å². The van der Waals surface area contributed by atoms with E-state index in [1.54, 1.807) is 30.5 Å². The normalized spacial score (nSPS) is 15.2. The lowest BCUT2D eigenvalue weighted by atomic mass is 10.1. The first-order chi connectivity index (χ1) is 10.8. The van der Waals surface area contributed by atoms with Crippen LogP contribution in [0.3, 0.4) is 0 Å². The van der Waals surface area contributed by atoms with Gasteiger partial charge in [-0.1, -0.05) is 0 Å². The highest BCUT2D eigenvalue weighted by molar-refractivity contribution is 9.11. The molecule has 0 aliphatic carbocycles. The van der Waals surface area contributed by atoms with E-state index in [1.807, 2.05) is 13.8 Å². The molecule has 0 spiro atoms. The van der Waals surface area contributed by atoms with Crippen LogP contribution in [0.2, 0.25) is 0 Å². The molecule has 0 radical (unpaired) electrons. The Hall–Kier alpha value is -1.91. The molecule has 23 heavy (non-hydrogen) atoms. The Bertz CT molecular complexity index is 939. The molecule has 1 aromatic carbocycles. The van der Waals surface area contributed by atoms with Crippen molar-refractivity contribution in [3.05, 3.63) is 60.9 Å². The highest BCUT2D eigenvalue weighted by Gasteiger charge is 2.30. The Morgan fingerprint density at radius 2 is 2.04 bits per heavy atom. The van der Waals surface area contributed by atoms with E-state index in [0.717, 1.165) is 4.47 Å². The molecule has 2 aromatic rings. The Balaban J connectivity index is 2.33. The average Bonchev–Trinajstić information content (AvgIpc) is 2.49. The van der Waals surface area contributed by atoms with Crippen LogP contribution in [0.1, 0.15) is 25.0 Å². The number of ether oxygens (including phenoxy) is 1. The molecule has 0 fully saturated rings. The number of rotatable bonds is 0. The Morgan fingerprint density at radius 3 is 2.74 bits per heavy atom. The lowest BCUT2D eigenvalue weighted by molar-refractivity contribution is 0.114. The minimum Gasteiger partial charge on any atom is -0.466 e. The summed E-state index contributed by atoms with van der Waals surface area (Å²) in [4.78, 5) is 17.1. The monoisotopic (exact) mass is 435 g/mol. The summed E-state index contributed by atoms with van der Waals surface area (Å²) in [7, 11) is 0. The molecule has 5 nitrogen and oxygen atoms in total. The van der Waals surface area contributed by atoms with Gasteiger partial charge in [-0.25, -0.2) is 4.99 Å². The molecule has 0 amide bonds. The summed E-state index contributed by atoms with van der Waals surface area (Å²) in [5.41, 5.74) is 0.0281. The van der Waals surface area contributed by atoms with E-state index in [-0.39, 0.29) is 5.56 Å². The maximum atomic E-state index is 12.5. The van der Waals surface area contributed by atoms with Gasteiger partial charge in [0.25, 0.3) is 5.56 Å². The van der Waals surface area contributed by atoms with E-state index in [9.17, 15) is 4.79 Å². The zero-order valence-corrected chi connectivity index (χ0v) is 15.5. The van der Waals surface area contributed by atoms with Gasteiger partial charge in [0, 0.05) is 10.7 Å². The molecule has 1 aliphatic rings. The topological polar surface area (TPSA) is 67.4 Å². The molecule has 1 aromatic heterocycles. The number of aliphatic imine (C=N–C) groups is 1. The summed E-state index contributed by atoms with van der Waals surface area (Å²) in [5.74, 6) is 1.03. The first-order valence-electron chi connectivity index (χ1n) is 6.72. The van der Waals surface area contributed by atoms with Crippen molar-refractivity contribution in [1.29, 1.82) is 5.26 Å². The Labute approximate surface area is 149 Å². The summed E-state index contributed by atoms with van der Waals surface area (Å²) in [6, 6.07) is 8.84. The third kappa shape index (κ3) is 2.96. The highest BCUT2D eigenvalue weighted by Crippen LogP contribution is 2.31. The van der Waals surface area contributed by atoms with Crippen molar-refractivity contribution in [3.8, 4) is 11.8 Å². The second kappa shape index (κ2) is 5.62. The van der Waals surface area contributed by atoms with E-state index in [1.165, 1.54) is 4.57 Å². The molecule has 0 N–H and O–H groups in total. The summed E-state index contributed by atoms with van der Waals surface area (Å²) in [5, 5.41) is 9.13. The second-order valence-corrected chi connectivity index (χ2v) is 7.26. The zero-order valence-electron chi connectivity index (χ0n) is 12.3. The number of nitrogens with zero attached hydrogens (tertiary/aromatic N) is 3. The predicted molar refractivity (Wildman–Crippen MR) is 93.9 cm³/mol. The number of hydrogen-bond donors (Lipinski definition) is 0. The molecule has 0 unspecified atom stereocenters. The van der Waals surface area contributed by atoms with E-state index in [0.29, 0.717) is 27.2 Å². The zero-order chi connectivity index (χ0) is 16.8. The van der Waals surface area contributed by atoms with Crippen LogP contribution in [0, 0.1) is 11.3 Å². The van der Waals surface area contributed by atoms with E-state index >= 15 is 0 Å². The van der Waals surface area contributed by atoms with Gasteiger partial charge >= 0.3 is 0 Å². The molecule has 1 aliphatic heterocycles. The number of aromatic nitrogens is 1. The second-order valence-electron chi connectivity index (χ2n) is 5.49. The van der Waals surface area contributed by atoms with Crippen LogP contribution in [0.5, 0.6) is 5.75 Å². The van der Waals surface area contributed by atoms with Gasteiger partial charge in [0.2, 0.25) is 0 Å². The first-order valence-corrected chi connectivity index (χ1v) is 8.31. The van der Waals surface area contributed by atoms with E-state index < -0.39 is 5.72 Å². The minimum absolute atomic E-state index is 0.238. The van der Waals surface area contributed by atoms with Crippen LogP contribution in [0.25, 0.3) is 0 Å². The van der Waals surface area contributed by atoms with Gasteiger partial charge in [-0.2, -0.15) is 5.26 Å². The molecule has 0 bridgehead atoms. The van der Waals surface area contributed by atoms with Gasteiger partial charge in [-0.3, -0.25) is 9.36 Å². The molecular weight excluding hydrogens is 426 g/mol. The van der Waals surface area contributed by atoms with E-state index in [4.69, 9.17) is 10.00 Å². The highest BCUT2D eigenvalue weighted by atomic mass is 79.9. The number of fused-ring (bicyclic) bond motifs is 1. The average molecular weight is 437 g/mol. The number of nitriles is 1. The minimum atomic E-state index is -0.815. The van der Waals surface area contributed by atoms with Crippen molar-refractivity contribution in [2.24, 2.45) is 4.99 Å². The fraction of sp³-hybridized carbons (Fsp3) is 0.188.